The fraction of sp³-hybridized carbons (Fsp3) is 0.444. The van der Waals surface area contributed by atoms with Crippen LogP contribution in [0.25, 0.3) is 0 Å². The van der Waals surface area contributed by atoms with E-state index in [4.69, 9.17) is 5.73 Å². The number of nitrogens with zero attached hydrogens (tertiary/aromatic N) is 1. The van der Waals surface area contributed by atoms with Crippen LogP contribution in [0.2, 0.25) is 0 Å². The van der Waals surface area contributed by atoms with Gasteiger partial charge < -0.3 is 15.6 Å². The molecule has 72 valence electrons. The molecule has 1 amide bonds. The van der Waals surface area contributed by atoms with Crippen LogP contribution >= 0.6 is 0 Å². The second-order valence-electron chi connectivity index (χ2n) is 2.90. The van der Waals surface area contributed by atoms with Gasteiger partial charge in [-0.2, -0.15) is 0 Å². The summed E-state index contributed by atoms with van der Waals surface area (Å²) in [7, 11) is 1.85. The smallest absolute Gasteiger partial charge is 0.267 e. The number of rotatable bonds is 4. The molecule has 0 saturated heterocycles. The monoisotopic (exact) mass is 181 g/mol. The van der Waals surface area contributed by atoms with Crippen molar-refractivity contribution >= 4 is 5.91 Å². The van der Waals surface area contributed by atoms with E-state index in [1.165, 1.54) is 0 Å². The van der Waals surface area contributed by atoms with Crippen molar-refractivity contribution in [3.8, 4) is 0 Å². The van der Waals surface area contributed by atoms with E-state index in [0.717, 1.165) is 6.42 Å². The van der Waals surface area contributed by atoms with E-state index in [1.54, 1.807) is 10.6 Å². The summed E-state index contributed by atoms with van der Waals surface area (Å²) >= 11 is 0. The third-order valence-corrected chi connectivity index (χ3v) is 1.84. The summed E-state index contributed by atoms with van der Waals surface area (Å²) < 4.78 is 1.79. The summed E-state index contributed by atoms with van der Waals surface area (Å²) in [6, 6.07) is 3.63. The van der Waals surface area contributed by atoms with E-state index >= 15 is 0 Å². The molecule has 0 unspecified atom stereocenters. The number of nitrogens with one attached hydrogen (secondary N) is 1. The average molecular weight is 181 g/mol. The molecule has 0 bridgehead atoms. The Bertz CT molecular complexity index is 280. The third-order valence-electron chi connectivity index (χ3n) is 1.84. The van der Waals surface area contributed by atoms with E-state index in [2.05, 4.69) is 5.32 Å². The fourth-order valence-corrected chi connectivity index (χ4v) is 1.09. The Kier molecular flexibility index (Phi) is 3.52. The Morgan fingerprint density at radius 2 is 2.46 bits per heavy atom. The Hall–Kier alpha value is -1.29. The average Bonchev–Trinajstić information content (AvgIpc) is 2.52. The minimum absolute atomic E-state index is 0.0408. The number of aryl methyl sites for hydroxylation is 1. The lowest BCUT2D eigenvalue weighted by atomic mass is 10.3. The highest BCUT2D eigenvalue weighted by atomic mass is 16.1. The van der Waals surface area contributed by atoms with Crippen LogP contribution in [-0.4, -0.2) is 23.6 Å². The van der Waals surface area contributed by atoms with Crippen molar-refractivity contribution < 1.29 is 4.79 Å². The van der Waals surface area contributed by atoms with Gasteiger partial charge in [-0.25, -0.2) is 0 Å². The lowest BCUT2D eigenvalue weighted by molar-refractivity contribution is 0.0945. The van der Waals surface area contributed by atoms with Crippen molar-refractivity contribution in [2.45, 2.75) is 6.42 Å². The Morgan fingerprint density at radius 1 is 1.69 bits per heavy atom. The summed E-state index contributed by atoms with van der Waals surface area (Å²) in [5.41, 5.74) is 5.98. The van der Waals surface area contributed by atoms with Crippen molar-refractivity contribution in [3.63, 3.8) is 0 Å². The van der Waals surface area contributed by atoms with Gasteiger partial charge in [0.05, 0.1) is 0 Å². The Morgan fingerprint density at radius 3 is 3.00 bits per heavy atom. The number of aromatic nitrogens is 1. The second kappa shape index (κ2) is 4.67. The maximum Gasteiger partial charge on any atom is 0.267 e. The number of amides is 1. The van der Waals surface area contributed by atoms with Gasteiger partial charge in [0.15, 0.2) is 0 Å². The zero-order valence-corrected chi connectivity index (χ0v) is 7.79. The summed E-state index contributed by atoms with van der Waals surface area (Å²) in [4.78, 5) is 11.4. The lowest BCUT2D eigenvalue weighted by Crippen LogP contribution is -2.27. The second-order valence-corrected chi connectivity index (χ2v) is 2.90. The maximum atomic E-state index is 11.4. The maximum absolute atomic E-state index is 11.4. The van der Waals surface area contributed by atoms with Crippen LogP contribution in [0.1, 0.15) is 16.9 Å². The molecule has 1 aromatic rings. The van der Waals surface area contributed by atoms with E-state index in [9.17, 15) is 4.79 Å². The molecule has 0 fully saturated rings. The van der Waals surface area contributed by atoms with Crippen LogP contribution in [0.4, 0.5) is 0 Å². The van der Waals surface area contributed by atoms with Gasteiger partial charge in [-0.1, -0.05) is 0 Å². The molecule has 4 heteroatoms. The predicted octanol–water partition coefficient (Wildman–Crippen LogP) is 0.104. The van der Waals surface area contributed by atoms with Crippen molar-refractivity contribution in [1.29, 1.82) is 0 Å². The number of carbonyl (C=O) groups excluding carboxylic acids is 1. The quantitative estimate of drug-likeness (QED) is 0.647. The van der Waals surface area contributed by atoms with Crippen molar-refractivity contribution in [1.82, 2.24) is 9.88 Å². The fourth-order valence-electron chi connectivity index (χ4n) is 1.09. The van der Waals surface area contributed by atoms with Crippen molar-refractivity contribution in [2.75, 3.05) is 13.1 Å². The summed E-state index contributed by atoms with van der Waals surface area (Å²) in [6.07, 6.45) is 2.66. The van der Waals surface area contributed by atoms with Gasteiger partial charge in [0.1, 0.15) is 5.69 Å². The van der Waals surface area contributed by atoms with Crippen LogP contribution in [0, 0.1) is 0 Å². The van der Waals surface area contributed by atoms with Gasteiger partial charge in [-0.15, -0.1) is 0 Å². The van der Waals surface area contributed by atoms with E-state index in [0.29, 0.717) is 18.8 Å². The Balaban J connectivity index is 2.45. The number of nitrogens with two attached hydrogens (primary N) is 1. The van der Waals surface area contributed by atoms with Crippen LogP contribution < -0.4 is 11.1 Å². The summed E-state index contributed by atoms with van der Waals surface area (Å²) in [6.45, 7) is 1.24. The molecule has 0 aliphatic rings. The van der Waals surface area contributed by atoms with Gasteiger partial charge in [0.25, 0.3) is 5.91 Å². The first-order valence-electron chi connectivity index (χ1n) is 4.35. The normalized spacial score (nSPS) is 10.0. The highest BCUT2D eigenvalue weighted by Gasteiger charge is 2.06. The highest BCUT2D eigenvalue weighted by molar-refractivity contribution is 5.92. The topological polar surface area (TPSA) is 60.0 Å². The van der Waals surface area contributed by atoms with Gasteiger partial charge in [-0.3, -0.25) is 4.79 Å². The number of hydrogen-bond acceptors (Lipinski definition) is 2. The predicted molar refractivity (Wildman–Crippen MR) is 51.4 cm³/mol. The van der Waals surface area contributed by atoms with Crippen LogP contribution in [0.15, 0.2) is 18.3 Å². The van der Waals surface area contributed by atoms with Crippen molar-refractivity contribution in [2.24, 2.45) is 12.8 Å². The molecule has 0 aliphatic carbocycles. The molecule has 1 aromatic heterocycles. The minimum Gasteiger partial charge on any atom is -0.351 e. The molecule has 0 aliphatic heterocycles. The molecule has 1 rings (SSSR count). The van der Waals surface area contributed by atoms with Gasteiger partial charge in [0, 0.05) is 19.8 Å². The zero-order chi connectivity index (χ0) is 9.68. The summed E-state index contributed by atoms with van der Waals surface area (Å²) in [5.74, 6) is -0.0408. The minimum atomic E-state index is -0.0408. The van der Waals surface area contributed by atoms with Gasteiger partial charge in [-0.05, 0) is 25.1 Å². The van der Waals surface area contributed by atoms with E-state index < -0.39 is 0 Å². The van der Waals surface area contributed by atoms with Crippen LogP contribution in [0.3, 0.4) is 0 Å². The molecule has 1 heterocycles. The first kappa shape index (κ1) is 9.80. The first-order chi connectivity index (χ1) is 6.25. The molecule has 0 radical (unpaired) electrons. The third kappa shape index (κ3) is 2.59. The van der Waals surface area contributed by atoms with Crippen molar-refractivity contribution in [3.05, 3.63) is 24.0 Å². The molecule has 4 nitrogen and oxygen atoms in total. The molecule has 3 N–H and O–H groups in total. The van der Waals surface area contributed by atoms with Gasteiger partial charge >= 0.3 is 0 Å². The molecule has 0 saturated carbocycles. The number of hydrogen-bond donors (Lipinski definition) is 2. The molecular formula is C9H15N3O. The highest BCUT2D eigenvalue weighted by Crippen LogP contribution is 1.98. The molecular weight excluding hydrogens is 166 g/mol. The molecule has 0 spiro atoms. The van der Waals surface area contributed by atoms with E-state index in [-0.39, 0.29) is 5.91 Å². The van der Waals surface area contributed by atoms with Gasteiger partial charge in [0.2, 0.25) is 0 Å². The van der Waals surface area contributed by atoms with Crippen LogP contribution in [-0.2, 0) is 7.05 Å². The largest absolute Gasteiger partial charge is 0.351 e. The molecule has 0 aromatic carbocycles. The first-order valence-corrected chi connectivity index (χ1v) is 4.35. The summed E-state index contributed by atoms with van der Waals surface area (Å²) in [5, 5.41) is 2.79. The van der Waals surface area contributed by atoms with E-state index in [1.807, 2.05) is 19.3 Å². The zero-order valence-electron chi connectivity index (χ0n) is 7.79. The van der Waals surface area contributed by atoms with Crippen LogP contribution in [0.5, 0.6) is 0 Å². The lowest BCUT2D eigenvalue weighted by Gasteiger charge is -2.04. The molecule has 0 atom stereocenters. The Labute approximate surface area is 77.7 Å². The number of carbonyl (C=O) groups is 1. The standard InChI is InChI=1S/C9H15N3O/c1-12-7-2-4-8(12)9(13)11-6-3-5-10/h2,4,7H,3,5-6,10H2,1H3,(H,11,13). The SMILES string of the molecule is Cn1cccc1C(=O)NCCCN. The molecule has 13 heavy (non-hydrogen) atoms.